The maximum Gasteiger partial charge on any atom is 0.245 e. The molecule has 0 radical (unpaired) electrons. The summed E-state index contributed by atoms with van der Waals surface area (Å²) in [6.07, 6.45) is 7.95. The predicted molar refractivity (Wildman–Crippen MR) is 242 cm³/mol. The number of carbonyl (C=O) groups excluding carboxylic acids is 2. The molecule has 4 heterocycles. The Morgan fingerprint density at radius 1 is 1.02 bits per heavy atom. The fourth-order valence-corrected chi connectivity index (χ4v) is 11.8. The number of fused-ring (bicyclic) bond motifs is 3. The molecule has 3 aromatic carbocycles. The molecule has 3 aliphatic rings. The van der Waals surface area contributed by atoms with E-state index < -0.39 is 36.7 Å². The molecular weight excluding hydrogens is 808 g/mol. The molecule has 1 saturated heterocycles. The van der Waals surface area contributed by atoms with Crippen LogP contribution in [0.1, 0.15) is 69.9 Å². The van der Waals surface area contributed by atoms with Gasteiger partial charge in [0, 0.05) is 47.0 Å². The lowest BCUT2D eigenvalue weighted by Crippen LogP contribution is -2.53. The SMILES string of the molecule is COc1ccc2c(O[C@@H]3C[C@H]4C(=O)N[C@]5(P(=O)(O)Cc6ccccc6)C[C@H]5/C=C\CCCCCC(Nc5ccc(C)cc5)C(=O)N4C3)cc(-c3csc(NC(C)C)n3)nc2c1. The maximum atomic E-state index is 15.0. The molecule has 5 aromatic rings. The molecule has 0 bridgehead atoms. The number of amides is 2. The molecule has 2 aromatic heterocycles. The van der Waals surface area contributed by atoms with E-state index in [4.69, 9.17) is 19.4 Å². The van der Waals surface area contributed by atoms with Gasteiger partial charge in [0.05, 0.1) is 31.0 Å². The van der Waals surface area contributed by atoms with E-state index in [0.29, 0.717) is 41.2 Å². The lowest BCUT2D eigenvalue weighted by Gasteiger charge is -2.31. The van der Waals surface area contributed by atoms with Crippen LogP contribution in [0.25, 0.3) is 22.3 Å². The summed E-state index contributed by atoms with van der Waals surface area (Å²) in [5, 5.41) is 12.1. The van der Waals surface area contributed by atoms with Gasteiger partial charge in [-0.15, -0.1) is 11.3 Å². The topological polar surface area (TPSA) is 155 Å². The molecule has 320 valence electrons. The van der Waals surface area contributed by atoms with Gasteiger partial charge < -0.3 is 35.2 Å². The van der Waals surface area contributed by atoms with Crippen LogP contribution in [0.3, 0.4) is 0 Å². The van der Waals surface area contributed by atoms with Crippen LogP contribution in [0.15, 0.2) is 96.4 Å². The number of rotatable bonds is 11. The molecule has 6 atom stereocenters. The third kappa shape index (κ3) is 9.49. The molecule has 2 amide bonds. The summed E-state index contributed by atoms with van der Waals surface area (Å²) >= 11 is 1.49. The van der Waals surface area contributed by atoms with E-state index >= 15 is 0 Å². The number of aromatic nitrogens is 2. The summed E-state index contributed by atoms with van der Waals surface area (Å²) in [5.41, 5.74) is 4.60. The van der Waals surface area contributed by atoms with Gasteiger partial charge in [-0.1, -0.05) is 73.0 Å². The number of nitrogens with one attached hydrogen (secondary N) is 3. The van der Waals surface area contributed by atoms with Crippen molar-refractivity contribution in [3.8, 4) is 22.9 Å². The Hall–Kier alpha value is -5.23. The van der Waals surface area contributed by atoms with E-state index in [0.717, 1.165) is 53.0 Å². The Labute approximate surface area is 361 Å². The number of methoxy groups -OCH3 is 1. The Morgan fingerprint density at radius 2 is 1.82 bits per heavy atom. The van der Waals surface area contributed by atoms with Gasteiger partial charge in [0.25, 0.3) is 0 Å². The summed E-state index contributed by atoms with van der Waals surface area (Å²) in [6.45, 7) is 6.27. The van der Waals surface area contributed by atoms with Gasteiger partial charge in [-0.05, 0) is 76.3 Å². The molecule has 1 aliphatic carbocycles. The Kier molecular flexibility index (Phi) is 12.5. The van der Waals surface area contributed by atoms with E-state index in [9.17, 15) is 19.0 Å². The van der Waals surface area contributed by atoms with Crippen LogP contribution in [0.4, 0.5) is 10.8 Å². The summed E-state index contributed by atoms with van der Waals surface area (Å²) in [7, 11) is -2.41. The molecule has 14 heteroatoms. The minimum atomic E-state index is -4.01. The predicted octanol–water partition coefficient (Wildman–Crippen LogP) is 9.15. The third-order valence-electron chi connectivity index (χ3n) is 11.9. The van der Waals surface area contributed by atoms with Gasteiger partial charge in [0.2, 0.25) is 19.2 Å². The van der Waals surface area contributed by atoms with Crippen LogP contribution in [0, 0.1) is 12.8 Å². The van der Waals surface area contributed by atoms with Crippen molar-refractivity contribution < 1.29 is 28.5 Å². The highest BCUT2D eigenvalue weighted by Crippen LogP contribution is 2.71. The zero-order chi connectivity index (χ0) is 42.7. The highest BCUT2D eigenvalue weighted by molar-refractivity contribution is 7.59. The molecule has 4 N–H and O–H groups in total. The number of allylic oxidation sites excluding steroid dienone is 1. The molecule has 2 unspecified atom stereocenters. The van der Waals surface area contributed by atoms with Crippen LogP contribution in [-0.4, -0.2) is 74.7 Å². The Bertz CT molecular complexity index is 2440. The molecule has 2 aliphatic heterocycles. The van der Waals surface area contributed by atoms with Gasteiger partial charge in [0.1, 0.15) is 40.7 Å². The van der Waals surface area contributed by atoms with E-state index in [1.807, 2.05) is 97.2 Å². The second-order valence-corrected chi connectivity index (χ2v) is 20.3. The van der Waals surface area contributed by atoms with E-state index in [1.165, 1.54) is 11.3 Å². The number of anilines is 2. The van der Waals surface area contributed by atoms with Crippen molar-refractivity contribution >= 4 is 52.2 Å². The number of nitrogens with zero attached hydrogens (tertiary/aromatic N) is 3. The first-order valence-electron chi connectivity index (χ1n) is 21.3. The third-order valence-corrected chi connectivity index (χ3v) is 15.4. The Morgan fingerprint density at radius 3 is 2.59 bits per heavy atom. The molecule has 2 fully saturated rings. The minimum absolute atomic E-state index is 0.0731. The van der Waals surface area contributed by atoms with E-state index in [-0.39, 0.29) is 37.0 Å². The molecule has 8 rings (SSSR count). The smallest absolute Gasteiger partial charge is 0.245 e. The maximum absolute atomic E-state index is 15.0. The van der Waals surface area contributed by atoms with Crippen LogP contribution in [-0.2, 0) is 20.3 Å². The number of hydrogen-bond acceptors (Lipinski definition) is 10. The first-order chi connectivity index (χ1) is 29.4. The fraction of sp³-hybridized carbons (Fsp3) is 0.404. The minimum Gasteiger partial charge on any atom is -0.497 e. The van der Waals surface area contributed by atoms with Crippen molar-refractivity contribution in [2.75, 3.05) is 24.3 Å². The zero-order valence-corrected chi connectivity index (χ0v) is 36.9. The molecule has 0 spiro atoms. The monoisotopic (exact) mass is 862 g/mol. The summed E-state index contributed by atoms with van der Waals surface area (Å²) in [4.78, 5) is 53.1. The highest BCUT2D eigenvalue weighted by Gasteiger charge is 2.66. The van der Waals surface area contributed by atoms with E-state index in [2.05, 4.69) is 35.9 Å². The lowest BCUT2D eigenvalue weighted by molar-refractivity contribution is -0.139. The Balaban J connectivity index is 1.15. The quantitative estimate of drug-likeness (QED) is 0.0747. The largest absolute Gasteiger partial charge is 0.497 e. The summed E-state index contributed by atoms with van der Waals surface area (Å²) < 4.78 is 27.0. The first kappa shape index (κ1) is 42.5. The lowest BCUT2D eigenvalue weighted by atomic mass is 10.0. The second kappa shape index (κ2) is 18.0. The van der Waals surface area contributed by atoms with Gasteiger partial charge in [0.15, 0.2) is 5.13 Å². The van der Waals surface area contributed by atoms with Crippen LogP contribution < -0.4 is 25.4 Å². The van der Waals surface area contributed by atoms with Crippen LogP contribution in [0.5, 0.6) is 11.5 Å². The summed E-state index contributed by atoms with van der Waals surface area (Å²) in [6, 6.07) is 23.3. The molecule has 12 nitrogen and oxygen atoms in total. The van der Waals surface area contributed by atoms with Gasteiger partial charge in [-0.2, -0.15) is 0 Å². The number of carbonyl (C=O) groups is 2. The fourth-order valence-electron chi connectivity index (χ4n) is 8.55. The standard InChI is InChI=1S/C47H55N6O6PS/c1-30(2)48-46-51-41(29-61-46)40-25-43(37-22-21-35(58-4)23-39(37)50-40)59-36-24-42-44(54)52-47(60(56,57)28-32-13-9-8-10-14-32)26-33(47)15-11-6-5-7-12-16-38(45(55)53(42)27-36)49-34-19-17-31(3)18-20-34/h8-11,13-15,17-23,25,29-30,33,36,38,42,49H,5-7,12,16,24,26-28H2,1-4H3,(H,48,51)(H,52,54)(H,56,57)/b15-11-/t33-,36-,38?,42+,47+/m1/s1. The number of pyridine rings is 1. The van der Waals surface area contributed by atoms with Crippen molar-refractivity contribution in [1.29, 1.82) is 0 Å². The van der Waals surface area contributed by atoms with Crippen molar-refractivity contribution in [2.24, 2.45) is 5.92 Å². The molecule has 1 saturated carbocycles. The molecule has 61 heavy (non-hydrogen) atoms. The highest BCUT2D eigenvalue weighted by atomic mass is 32.1. The number of thiazole rings is 1. The number of ether oxygens (including phenoxy) is 2. The van der Waals surface area contributed by atoms with Crippen LogP contribution >= 0.6 is 18.7 Å². The van der Waals surface area contributed by atoms with Gasteiger partial charge in [-0.3, -0.25) is 14.2 Å². The second-order valence-electron chi connectivity index (χ2n) is 16.9. The number of aryl methyl sites for hydroxylation is 1. The average molecular weight is 863 g/mol. The zero-order valence-electron chi connectivity index (χ0n) is 35.2. The molecular formula is C47H55N6O6PS. The van der Waals surface area contributed by atoms with Crippen molar-refractivity contribution in [3.63, 3.8) is 0 Å². The van der Waals surface area contributed by atoms with Gasteiger partial charge in [-0.25, -0.2) is 9.97 Å². The van der Waals surface area contributed by atoms with Gasteiger partial charge >= 0.3 is 0 Å². The first-order valence-corrected chi connectivity index (χ1v) is 24.0. The van der Waals surface area contributed by atoms with Crippen molar-refractivity contribution in [1.82, 2.24) is 20.2 Å². The summed E-state index contributed by atoms with van der Waals surface area (Å²) in [5.74, 6) is 0.195. The van der Waals surface area contributed by atoms with E-state index in [1.54, 1.807) is 12.0 Å². The average Bonchev–Trinajstić information content (AvgIpc) is 3.51. The van der Waals surface area contributed by atoms with Crippen LogP contribution in [0.2, 0.25) is 0 Å². The number of benzene rings is 3. The number of hydrogen-bond donors (Lipinski definition) is 4. The van der Waals surface area contributed by atoms with Crippen molar-refractivity contribution in [2.45, 2.75) is 101 Å². The van der Waals surface area contributed by atoms with Crippen molar-refractivity contribution in [3.05, 3.63) is 108 Å². The normalized spacial score (nSPS) is 24.7.